The van der Waals surface area contributed by atoms with E-state index in [-0.39, 0.29) is 11.8 Å². The predicted octanol–water partition coefficient (Wildman–Crippen LogP) is 1.78. The maximum Gasteiger partial charge on any atom is 0.303 e. The Balaban J connectivity index is 2.83. The number of hydrogen-bond acceptors (Lipinski definition) is 3. The van der Waals surface area contributed by atoms with E-state index in [1.165, 1.54) is 19.1 Å². The van der Waals surface area contributed by atoms with Crippen molar-refractivity contribution >= 4 is 11.8 Å². The third-order valence-electron chi connectivity index (χ3n) is 2.03. The molecule has 0 amide bonds. The van der Waals surface area contributed by atoms with Gasteiger partial charge in [0.15, 0.2) is 5.78 Å². The monoisotopic (exact) mass is 194 g/mol. The summed E-state index contributed by atoms with van der Waals surface area (Å²) in [6.45, 7) is 3.37. The van der Waals surface area contributed by atoms with E-state index < -0.39 is 5.60 Å². The molecule has 0 saturated heterocycles. The van der Waals surface area contributed by atoms with E-state index in [0.717, 1.165) is 6.42 Å². The second-order valence-electron chi connectivity index (χ2n) is 3.37. The van der Waals surface area contributed by atoms with Crippen molar-refractivity contribution in [2.45, 2.75) is 32.3 Å². The first kappa shape index (κ1) is 10.7. The Morgan fingerprint density at radius 1 is 1.43 bits per heavy atom. The summed E-state index contributed by atoms with van der Waals surface area (Å²) in [6.07, 6.45) is 7.78. The minimum absolute atomic E-state index is 0.0659. The molecular formula is C11H14O3. The number of carbonyl (C=O) groups excluding carboxylic acids is 2. The first-order valence-electron chi connectivity index (χ1n) is 4.70. The molecule has 0 unspecified atom stereocenters. The quantitative estimate of drug-likeness (QED) is 0.643. The SMILES string of the molecule is CCCC1(OC(C)=O)C=CC(=O)C=C1. The van der Waals surface area contributed by atoms with Crippen LogP contribution in [0.25, 0.3) is 0 Å². The molecule has 0 aromatic carbocycles. The number of esters is 1. The Hall–Kier alpha value is -1.38. The van der Waals surface area contributed by atoms with Crippen molar-refractivity contribution in [3.8, 4) is 0 Å². The van der Waals surface area contributed by atoms with E-state index >= 15 is 0 Å². The molecule has 0 N–H and O–H groups in total. The number of hydrogen-bond donors (Lipinski definition) is 0. The normalized spacial score (nSPS) is 18.3. The average molecular weight is 194 g/mol. The van der Waals surface area contributed by atoms with Crippen molar-refractivity contribution in [1.82, 2.24) is 0 Å². The molecule has 0 bridgehead atoms. The lowest BCUT2D eigenvalue weighted by Gasteiger charge is -2.27. The average Bonchev–Trinajstić information content (AvgIpc) is 2.10. The van der Waals surface area contributed by atoms with Crippen molar-refractivity contribution in [3.05, 3.63) is 24.3 Å². The summed E-state index contributed by atoms with van der Waals surface area (Å²) in [5, 5.41) is 0. The molecule has 0 saturated carbocycles. The molecule has 0 radical (unpaired) electrons. The fourth-order valence-corrected chi connectivity index (χ4v) is 1.50. The first-order chi connectivity index (χ1) is 6.58. The van der Waals surface area contributed by atoms with E-state index in [4.69, 9.17) is 4.74 Å². The van der Waals surface area contributed by atoms with E-state index in [2.05, 4.69) is 0 Å². The number of ketones is 1. The minimum atomic E-state index is -0.700. The summed E-state index contributed by atoms with van der Waals surface area (Å²) in [5.41, 5.74) is -0.700. The maximum absolute atomic E-state index is 10.9. The first-order valence-corrected chi connectivity index (χ1v) is 4.70. The molecule has 0 fully saturated rings. The lowest BCUT2D eigenvalue weighted by molar-refractivity contribution is -0.149. The highest BCUT2D eigenvalue weighted by atomic mass is 16.6. The van der Waals surface area contributed by atoms with Crippen LogP contribution in [0.2, 0.25) is 0 Å². The molecule has 0 aromatic rings. The standard InChI is InChI=1S/C11H14O3/c1-3-6-11(14-9(2)12)7-4-10(13)5-8-11/h4-5,7-8H,3,6H2,1-2H3. The van der Waals surface area contributed by atoms with E-state index in [1.807, 2.05) is 6.92 Å². The summed E-state index contributed by atoms with van der Waals surface area (Å²) in [6, 6.07) is 0. The van der Waals surface area contributed by atoms with Crippen LogP contribution in [0.5, 0.6) is 0 Å². The van der Waals surface area contributed by atoms with Crippen molar-refractivity contribution in [1.29, 1.82) is 0 Å². The van der Waals surface area contributed by atoms with Crippen LogP contribution in [-0.4, -0.2) is 17.4 Å². The van der Waals surface area contributed by atoms with Gasteiger partial charge in [0.1, 0.15) is 5.60 Å². The second kappa shape index (κ2) is 4.22. The van der Waals surface area contributed by atoms with Crippen LogP contribution in [0.4, 0.5) is 0 Å². The zero-order valence-corrected chi connectivity index (χ0v) is 8.45. The lowest BCUT2D eigenvalue weighted by atomic mass is 9.92. The smallest absolute Gasteiger partial charge is 0.303 e. The minimum Gasteiger partial charge on any atom is -0.451 e. The third-order valence-corrected chi connectivity index (χ3v) is 2.03. The number of rotatable bonds is 3. The molecule has 14 heavy (non-hydrogen) atoms. The molecule has 1 aliphatic rings. The molecule has 1 rings (SSSR count). The van der Waals surface area contributed by atoms with Gasteiger partial charge in [-0.1, -0.05) is 13.3 Å². The van der Waals surface area contributed by atoms with Crippen LogP contribution < -0.4 is 0 Å². The summed E-state index contributed by atoms with van der Waals surface area (Å²) in [4.78, 5) is 21.8. The predicted molar refractivity (Wildman–Crippen MR) is 52.7 cm³/mol. The van der Waals surface area contributed by atoms with Crippen LogP contribution >= 0.6 is 0 Å². The van der Waals surface area contributed by atoms with Gasteiger partial charge in [-0.15, -0.1) is 0 Å². The molecule has 0 atom stereocenters. The molecule has 1 aliphatic carbocycles. The van der Waals surface area contributed by atoms with Crippen LogP contribution in [0.3, 0.4) is 0 Å². The number of carbonyl (C=O) groups is 2. The maximum atomic E-state index is 10.9. The van der Waals surface area contributed by atoms with Gasteiger partial charge in [-0.25, -0.2) is 0 Å². The summed E-state index contributed by atoms with van der Waals surface area (Å²) in [5.74, 6) is -0.397. The zero-order chi connectivity index (χ0) is 10.6. The fourth-order valence-electron chi connectivity index (χ4n) is 1.50. The second-order valence-corrected chi connectivity index (χ2v) is 3.37. The Morgan fingerprint density at radius 3 is 2.43 bits per heavy atom. The van der Waals surface area contributed by atoms with Gasteiger partial charge in [-0.05, 0) is 30.7 Å². The van der Waals surface area contributed by atoms with Crippen molar-refractivity contribution in [2.75, 3.05) is 0 Å². The van der Waals surface area contributed by atoms with E-state index in [0.29, 0.717) is 6.42 Å². The molecule has 3 heteroatoms. The van der Waals surface area contributed by atoms with E-state index in [1.54, 1.807) is 12.2 Å². The van der Waals surface area contributed by atoms with Gasteiger partial charge in [0.2, 0.25) is 0 Å². The van der Waals surface area contributed by atoms with Crippen LogP contribution in [0.1, 0.15) is 26.7 Å². The van der Waals surface area contributed by atoms with Crippen LogP contribution in [0, 0.1) is 0 Å². The lowest BCUT2D eigenvalue weighted by Crippen LogP contribution is -2.31. The molecule has 3 nitrogen and oxygen atoms in total. The van der Waals surface area contributed by atoms with Crippen molar-refractivity contribution < 1.29 is 14.3 Å². The van der Waals surface area contributed by atoms with E-state index in [9.17, 15) is 9.59 Å². The highest BCUT2D eigenvalue weighted by Crippen LogP contribution is 2.24. The molecule has 0 aromatic heterocycles. The van der Waals surface area contributed by atoms with Crippen molar-refractivity contribution in [2.24, 2.45) is 0 Å². The largest absolute Gasteiger partial charge is 0.451 e. The third kappa shape index (κ3) is 2.55. The molecule has 0 spiro atoms. The van der Waals surface area contributed by atoms with Gasteiger partial charge >= 0.3 is 5.97 Å². The van der Waals surface area contributed by atoms with Gasteiger partial charge in [0.25, 0.3) is 0 Å². The summed E-state index contributed by atoms with van der Waals surface area (Å²) in [7, 11) is 0. The van der Waals surface area contributed by atoms with Gasteiger partial charge in [-0.3, -0.25) is 9.59 Å². The zero-order valence-electron chi connectivity index (χ0n) is 8.45. The van der Waals surface area contributed by atoms with Gasteiger partial charge < -0.3 is 4.74 Å². The molecular weight excluding hydrogens is 180 g/mol. The Morgan fingerprint density at radius 2 is 2.00 bits per heavy atom. The number of ether oxygens (including phenoxy) is 1. The highest BCUT2D eigenvalue weighted by molar-refractivity contribution is 6.00. The molecule has 0 heterocycles. The highest BCUT2D eigenvalue weighted by Gasteiger charge is 2.28. The Labute approximate surface area is 83.4 Å². The van der Waals surface area contributed by atoms with Crippen LogP contribution in [0.15, 0.2) is 24.3 Å². The Kier molecular flexibility index (Phi) is 3.23. The van der Waals surface area contributed by atoms with Gasteiger partial charge in [0, 0.05) is 6.92 Å². The fraction of sp³-hybridized carbons (Fsp3) is 0.455. The topological polar surface area (TPSA) is 43.4 Å². The van der Waals surface area contributed by atoms with Crippen LogP contribution in [-0.2, 0) is 14.3 Å². The summed E-state index contributed by atoms with van der Waals surface area (Å²) >= 11 is 0. The summed E-state index contributed by atoms with van der Waals surface area (Å²) < 4.78 is 5.20. The Bertz CT molecular complexity index is 284. The van der Waals surface area contributed by atoms with Gasteiger partial charge in [0.05, 0.1) is 0 Å². The van der Waals surface area contributed by atoms with Crippen molar-refractivity contribution in [3.63, 3.8) is 0 Å². The molecule has 0 aliphatic heterocycles. The van der Waals surface area contributed by atoms with Gasteiger partial charge in [-0.2, -0.15) is 0 Å². The molecule has 76 valence electrons. The number of allylic oxidation sites excluding steroid dienone is 2.